The highest BCUT2D eigenvalue weighted by Crippen LogP contribution is 2.52. The predicted molar refractivity (Wildman–Crippen MR) is 103 cm³/mol. The number of anilines is 1. The van der Waals surface area contributed by atoms with E-state index in [4.69, 9.17) is 4.74 Å². The van der Waals surface area contributed by atoms with Gasteiger partial charge in [0, 0.05) is 10.9 Å². The molecule has 4 fully saturated rings. The molecule has 5 aliphatic rings. The molecule has 0 aromatic carbocycles. The Hall–Kier alpha value is -1.73. The van der Waals surface area contributed by atoms with Crippen LogP contribution in [0.5, 0.6) is 0 Å². The third-order valence-electron chi connectivity index (χ3n) is 7.12. The second kappa shape index (κ2) is 5.89. The van der Waals surface area contributed by atoms with Gasteiger partial charge in [-0.2, -0.15) is 0 Å². The van der Waals surface area contributed by atoms with Crippen molar-refractivity contribution in [1.82, 2.24) is 5.32 Å². The molecule has 1 aromatic rings. The lowest BCUT2D eigenvalue weighted by Gasteiger charge is -2.19. The number of carbonyl (C=O) groups excluding carboxylic acids is 3. The van der Waals surface area contributed by atoms with Crippen molar-refractivity contribution in [2.24, 2.45) is 17.8 Å². The molecule has 5 atom stereocenters. The molecule has 2 bridgehead atoms. The average Bonchev–Trinajstić information content (AvgIpc) is 3.03. The maximum absolute atomic E-state index is 13.3. The van der Waals surface area contributed by atoms with E-state index in [9.17, 15) is 14.4 Å². The average molecular weight is 401 g/mol. The number of carbonyl (C=O) groups is 3. The van der Waals surface area contributed by atoms with Gasteiger partial charge < -0.3 is 10.1 Å². The zero-order chi connectivity index (χ0) is 19.2. The molecule has 1 N–H and O–H groups in total. The van der Waals surface area contributed by atoms with Crippen LogP contribution in [0.1, 0.15) is 59.8 Å². The van der Waals surface area contributed by atoms with E-state index in [1.807, 2.05) is 0 Å². The number of hydrogen-bond acceptors (Lipinski definition) is 5. The van der Waals surface area contributed by atoms with E-state index in [0.717, 1.165) is 50.5 Å². The summed E-state index contributed by atoms with van der Waals surface area (Å²) in [6.45, 7) is 2.22. The molecule has 6 nitrogen and oxygen atoms in total. The fourth-order valence-corrected chi connectivity index (χ4v) is 7.04. The van der Waals surface area contributed by atoms with Gasteiger partial charge >= 0.3 is 0 Å². The van der Waals surface area contributed by atoms with E-state index < -0.39 is 0 Å². The lowest BCUT2D eigenvalue weighted by molar-refractivity contribution is -0.124. The Morgan fingerprint density at radius 1 is 1.07 bits per heavy atom. The first kappa shape index (κ1) is 17.2. The molecule has 3 saturated heterocycles. The Kier molecular flexibility index (Phi) is 3.61. The van der Waals surface area contributed by atoms with E-state index in [1.54, 1.807) is 0 Å². The Labute approximate surface area is 167 Å². The van der Waals surface area contributed by atoms with Crippen LogP contribution in [-0.2, 0) is 27.2 Å². The Morgan fingerprint density at radius 2 is 1.75 bits per heavy atom. The van der Waals surface area contributed by atoms with Crippen LogP contribution in [-0.4, -0.2) is 36.0 Å². The van der Waals surface area contributed by atoms with Crippen molar-refractivity contribution in [3.8, 4) is 0 Å². The van der Waals surface area contributed by atoms with Crippen molar-refractivity contribution in [3.63, 3.8) is 0 Å². The van der Waals surface area contributed by atoms with Crippen LogP contribution in [0.15, 0.2) is 0 Å². The van der Waals surface area contributed by atoms with Gasteiger partial charge in [0.2, 0.25) is 11.8 Å². The third kappa shape index (κ3) is 2.32. The summed E-state index contributed by atoms with van der Waals surface area (Å²) in [5.74, 6) is -0.579. The van der Waals surface area contributed by atoms with Gasteiger partial charge in [-0.3, -0.25) is 14.4 Å². The van der Waals surface area contributed by atoms with Crippen LogP contribution in [0.25, 0.3) is 0 Å². The summed E-state index contributed by atoms with van der Waals surface area (Å²) in [5.41, 5.74) is 1.65. The first-order valence-corrected chi connectivity index (χ1v) is 11.3. The van der Waals surface area contributed by atoms with Crippen LogP contribution in [0.4, 0.5) is 5.00 Å². The predicted octanol–water partition coefficient (Wildman–Crippen LogP) is 2.43. The summed E-state index contributed by atoms with van der Waals surface area (Å²) < 4.78 is 5.85. The first-order valence-electron chi connectivity index (χ1n) is 10.5. The number of fused-ring (bicyclic) bond motifs is 6. The molecule has 6 rings (SSSR count). The Morgan fingerprint density at radius 3 is 2.39 bits per heavy atom. The standard InChI is InChI=1S/C21H24N2O4S/c1-9-2-5-11-14(8-9)28-21(15(11)18(24)22-10-3-4-10)23-19(25)16-12-6-7-13(27-12)17(16)20(23)26/h9-10,12-13,16-17H,2-8H2,1H3,(H,22,24)/t9-,12-,13+,16+,17-/m0/s1. The van der Waals surface area contributed by atoms with E-state index in [2.05, 4.69) is 12.2 Å². The van der Waals surface area contributed by atoms with E-state index in [1.165, 1.54) is 21.1 Å². The summed E-state index contributed by atoms with van der Waals surface area (Å²) >= 11 is 1.49. The van der Waals surface area contributed by atoms with Gasteiger partial charge in [-0.1, -0.05) is 6.92 Å². The largest absolute Gasteiger partial charge is 0.373 e. The van der Waals surface area contributed by atoms with Crippen LogP contribution >= 0.6 is 11.3 Å². The smallest absolute Gasteiger partial charge is 0.254 e. The summed E-state index contributed by atoms with van der Waals surface area (Å²) in [4.78, 5) is 42.2. The highest BCUT2D eigenvalue weighted by Gasteiger charge is 2.63. The number of nitrogens with one attached hydrogen (secondary N) is 1. The minimum absolute atomic E-state index is 0.110. The number of imide groups is 1. The number of ether oxygens (including phenoxy) is 1. The molecule has 0 spiro atoms. The number of nitrogens with zero attached hydrogens (tertiary/aromatic N) is 1. The molecular weight excluding hydrogens is 376 g/mol. The van der Waals surface area contributed by atoms with Crippen LogP contribution in [0.3, 0.4) is 0 Å². The number of amides is 3. The second-order valence-electron chi connectivity index (χ2n) is 9.13. The summed E-state index contributed by atoms with van der Waals surface area (Å²) in [5, 5.41) is 3.66. The molecule has 7 heteroatoms. The summed E-state index contributed by atoms with van der Waals surface area (Å²) in [7, 11) is 0. The molecule has 1 saturated carbocycles. The highest BCUT2D eigenvalue weighted by atomic mass is 32.1. The van der Waals surface area contributed by atoms with E-state index >= 15 is 0 Å². The molecule has 28 heavy (non-hydrogen) atoms. The zero-order valence-corrected chi connectivity index (χ0v) is 16.7. The molecule has 4 heterocycles. The van der Waals surface area contributed by atoms with Crippen molar-refractivity contribution in [3.05, 3.63) is 16.0 Å². The van der Waals surface area contributed by atoms with Crippen molar-refractivity contribution in [2.75, 3.05) is 4.90 Å². The highest BCUT2D eigenvalue weighted by molar-refractivity contribution is 7.17. The SMILES string of the molecule is C[C@H]1CCc2c(sc(N3C(=O)[C@@H]4[C@H](C3=O)[C@@H]3CC[C@H]4O3)c2C(=O)NC2CC2)C1. The van der Waals surface area contributed by atoms with E-state index in [0.29, 0.717) is 16.5 Å². The number of thiophene rings is 1. The van der Waals surface area contributed by atoms with Crippen LogP contribution in [0.2, 0.25) is 0 Å². The van der Waals surface area contributed by atoms with Gasteiger partial charge in [0.15, 0.2) is 0 Å². The molecule has 3 aliphatic heterocycles. The van der Waals surface area contributed by atoms with Gasteiger partial charge in [0.1, 0.15) is 5.00 Å². The molecular formula is C21H24N2O4S. The second-order valence-corrected chi connectivity index (χ2v) is 10.2. The molecule has 3 amide bonds. The van der Waals surface area contributed by atoms with Crippen molar-refractivity contribution < 1.29 is 19.1 Å². The Bertz CT molecular complexity index is 876. The van der Waals surface area contributed by atoms with Crippen molar-refractivity contribution in [2.45, 2.75) is 70.1 Å². The lowest BCUT2D eigenvalue weighted by Crippen LogP contribution is -2.36. The zero-order valence-electron chi connectivity index (χ0n) is 15.9. The fourth-order valence-electron chi connectivity index (χ4n) is 5.53. The normalized spacial score (nSPS) is 36.0. The van der Waals surface area contributed by atoms with Gasteiger partial charge in [-0.25, -0.2) is 4.90 Å². The Balaban J connectivity index is 1.43. The van der Waals surface area contributed by atoms with Gasteiger partial charge in [-0.15, -0.1) is 11.3 Å². The quantitative estimate of drug-likeness (QED) is 0.791. The topological polar surface area (TPSA) is 75.7 Å². The van der Waals surface area contributed by atoms with Crippen LogP contribution in [0, 0.1) is 17.8 Å². The first-order chi connectivity index (χ1) is 13.5. The van der Waals surface area contributed by atoms with Crippen molar-refractivity contribution in [1.29, 1.82) is 0 Å². The monoisotopic (exact) mass is 400 g/mol. The molecule has 1 aromatic heterocycles. The summed E-state index contributed by atoms with van der Waals surface area (Å²) in [6.07, 6.45) is 6.27. The lowest BCUT2D eigenvalue weighted by atomic mass is 9.81. The molecule has 0 radical (unpaired) electrons. The minimum Gasteiger partial charge on any atom is -0.373 e. The van der Waals surface area contributed by atoms with Gasteiger partial charge in [-0.05, 0) is 56.4 Å². The minimum atomic E-state index is -0.358. The summed E-state index contributed by atoms with van der Waals surface area (Å²) in [6, 6.07) is 0.243. The maximum atomic E-state index is 13.3. The van der Waals surface area contributed by atoms with E-state index in [-0.39, 0.29) is 47.8 Å². The van der Waals surface area contributed by atoms with Gasteiger partial charge in [0.05, 0.1) is 29.6 Å². The maximum Gasteiger partial charge on any atom is 0.254 e. The number of rotatable bonds is 3. The fraction of sp³-hybridized carbons (Fsp3) is 0.667. The molecule has 2 aliphatic carbocycles. The van der Waals surface area contributed by atoms with Crippen LogP contribution < -0.4 is 10.2 Å². The van der Waals surface area contributed by atoms with Gasteiger partial charge in [0.25, 0.3) is 5.91 Å². The third-order valence-corrected chi connectivity index (χ3v) is 8.36. The molecule has 148 valence electrons. The number of hydrogen-bond donors (Lipinski definition) is 1. The molecule has 0 unspecified atom stereocenters. The van der Waals surface area contributed by atoms with Crippen molar-refractivity contribution >= 4 is 34.1 Å².